The fourth-order valence-electron chi connectivity index (χ4n) is 2.21. The van der Waals surface area contributed by atoms with Gasteiger partial charge in [-0.25, -0.2) is 4.98 Å². The molecule has 0 spiro atoms. The molecule has 0 amide bonds. The van der Waals surface area contributed by atoms with Crippen molar-refractivity contribution in [1.29, 1.82) is 0 Å². The summed E-state index contributed by atoms with van der Waals surface area (Å²) >= 11 is 0. The van der Waals surface area contributed by atoms with Crippen LogP contribution in [0.5, 0.6) is 0 Å². The van der Waals surface area contributed by atoms with Crippen LogP contribution in [0.25, 0.3) is 0 Å². The minimum Gasteiger partial charge on any atom is -0.443 e. The molecule has 0 fully saturated rings. The van der Waals surface area contributed by atoms with Crippen molar-refractivity contribution in [2.45, 2.75) is 32.7 Å². The monoisotopic (exact) mass is 374 g/mol. The molecule has 1 aromatic carbocycles. The lowest BCUT2D eigenvalue weighted by atomic mass is 9.94. The minimum atomic E-state index is -0.417. The van der Waals surface area contributed by atoms with Gasteiger partial charge in [0.15, 0.2) is 5.96 Å². The van der Waals surface area contributed by atoms with Crippen LogP contribution in [0.3, 0.4) is 0 Å². The van der Waals surface area contributed by atoms with Gasteiger partial charge in [0, 0.05) is 43.4 Å². The number of nitro benzene ring substituents is 1. The number of aromatic nitrogens is 1. The van der Waals surface area contributed by atoms with E-state index in [4.69, 9.17) is 4.42 Å². The SMILES string of the molecule is CN=C(NCCNc1ccc([N+](=O)[O-])cc1)NCc1ncc(C(C)(C)C)o1. The predicted octanol–water partition coefficient (Wildman–Crippen LogP) is 2.66. The highest BCUT2D eigenvalue weighted by Gasteiger charge is 2.19. The Morgan fingerprint density at radius 3 is 2.48 bits per heavy atom. The smallest absolute Gasteiger partial charge is 0.269 e. The van der Waals surface area contributed by atoms with Crippen molar-refractivity contribution in [2.75, 3.05) is 25.5 Å². The van der Waals surface area contributed by atoms with Crippen molar-refractivity contribution < 1.29 is 9.34 Å². The molecule has 9 heteroatoms. The Morgan fingerprint density at radius 2 is 1.93 bits per heavy atom. The molecule has 146 valence electrons. The number of anilines is 1. The zero-order chi connectivity index (χ0) is 19.9. The third-order valence-corrected chi connectivity index (χ3v) is 3.75. The molecule has 1 aromatic heterocycles. The number of aliphatic imine (C=N–C) groups is 1. The normalized spacial score (nSPS) is 11.9. The van der Waals surface area contributed by atoms with E-state index < -0.39 is 4.92 Å². The summed E-state index contributed by atoms with van der Waals surface area (Å²) in [7, 11) is 1.69. The van der Waals surface area contributed by atoms with Crippen LogP contribution in [0, 0.1) is 10.1 Å². The van der Waals surface area contributed by atoms with Crippen molar-refractivity contribution in [3.8, 4) is 0 Å². The second-order valence-corrected chi connectivity index (χ2v) is 6.95. The number of oxazole rings is 1. The summed E-state index contributed by atoms with van der Waals surface area (Å²) < 4.78 is 5.74. The molecule has 0 atom stereocenters. The zero-order valence-electron chi connectivity index (χ0n) is 16.1. The van der Waals surface area contributed by atoms with Gasteiger partial charge in [-0.3, -0.25) is 15.1 Å². The van der Waals surface area contributed by atoms with E-state index in [1.165, 1.54) is 12.1 Å². The number of non-ortho nitro benzene ring substituents is 1. The first-order valence-electron chi connectivity index (χ1n) is 8.67. The Bertz CT molecular complexity index is 777. The topological polar surface area (TPSA) is 118 Å². The van der Waals surface area contributed by atoms with Crippen molar-refractivity contribution in [2.24, 2.45) is 4.99 Å². The number of benzene rings is 1. The molecular formula is C18H26N6O3. The molecule has 0 aliphatic rings. The summed E-state index contributed by atoms with van der Waals surface area (Å²) in [5.41, 5.74) is 0.818. The largest absolute Gasteiger partial charge is 0.443 e. The summed E-state index contributed by atoms with van der Waals surface area (Å²) in [6, 6.07) is 6.30. The van der Waals surface area contributed by atoms with Gasteiger partial charge in [0.25, 0.3) is 5.69 Å². The maximum atomic E-state index is 10.6. The Morgan fingerprint density at radius 1 is 1.22 bits per heavy atom. The molecule has 2 aromatic rings. The quantitative estimate of drug-likeness (QED) is 0.224. The van der Waals surface area contributed by atoms with Crippen LogP contribution in [0.1, 0.15) is 32.4 Å². The van der Waals surface area contributed by atoms with E-state index in [-0.39, 0.29) is 11.1 Å². The average Bonchev–Trinajstić information content (AvgIpc) is 3.11. The van der Waals surface area contributed by atoms with Crippen LogP contribution in [0.2, 0.25) is 0 Å². The lowest BCUT2D eigenvalue weighted by Gasteiger charge is -2.13. The number of hydrogen-bond acceptors (Lipinski definition) is 6. The highest BCUT2D eigenvalue weighted by Crippen LogP contribution is 2.22. The molecule has 9 nitrogen and oxygen atoms in total. The van der Waals surface area contributed by atoms with Gasteiger partial charge in [0.2, 0.25) is 5.89 Å². The molecule has 0 bridgehead atoms. The lowest BCUT2D eigenvalue weighted by molar-refractivity contribution is -0.384. The van der Waals surface area contributed by atoms with E-state index in [1.54, 1.807) is 25.4 Å². The molecular weight excluding hydrogens is 348 g/mol. The van der Waals surface area contributed by atoms with Crippen molar-refractivity contribution in [3.05, 3.63) is 52.2 Å². The predicted molar refractivity (Wildman–Crippen MR) is 105 cm³/mol. The maximum absolute atomic E-state index is 10.6. The zero-order valence-corrected chi connectivity index (χ0v) is 16.1. The van der Waals surface area contributed by atoms with Crippen LogP contribution in [-0.4, -0.2) is 36.0 Å². The summed E-state index contributed by atoms with van der Waals surface area (Å²) in [4.78, 5) is 18.7. The van der Waals surface area contributed by atoms with Crippen molar-refractivity contribution in [1.82, 2.24) is 15.6 Å². The summed E-state index contributed by atoms with van der Waals surface area (Å²) in [6.07, 6.45) is 1.75. The summed E-state index contributed by atoms with van der Waals surface area (Å²) in [5.74, 6) is 2.08. The number of hydrogen-bond donors (Lipinski definition) is 3. The number of nitrogens with zero attached hydrogens (tertiary/aromatic N) is 3. The average molecular weight is 374 g/mol. The first-order chi connectivity index (χ1) is 12.8. The first kappa shape index (κ1) is 20.2. The van der Waals surface area contributed by atoms with Crippen LogP contribution in [0.4, 0.5) is 11.4 Å². The highest BCUT2D eigenvalue weighted by molar-refractivity contribution is 5.79. The Kier molecular flexibility index (Phi) is 6.75. The third-order valence-electron chi connectivity index (χ3n) is 3.75. The van der Waals surface area contributed by atoms with E-state index in [0.29, 0.717) is 31.5 Å². The van der Waals surface area contributed by atoms with Gasteiger partial charge in [-0.1, -0.05) is 20.8 Å². The molecule has 3 N–H and O–H groups in total. The first-order valence-corrected chi connectivity index (χ1v) is 8.67. The molecule has 1 heterocycles. The van der Waals surface area contributed by atoms with Crippen LogP contribution >= 0.6 is 0 Å². The number of guanidine groups is 1. The van der Waals surface area contributed by atoms with E-state index >= 15 is 0 Å². The minimum absolute atomic E-state index is 0.0735. The van der Waals surface area contributed by atoms with E-state index in [0.717, 1.165) is 11.4 Å². The Labute approximate surface area is 158 Å². The molecule has 0 aliphatic heterocycles. The fourth-order valence-corrected chi connectivity index (χ4v) is 2.21. The highest BCUT2D eigenvalue weighted by atomic mass is 16.6. The summed E-state index contributed by atoms with van der Waals surface area (Å²) in [6.45, 7) is 7.90. The van der Waals surface area contributed by atoms with Crippen LogP contribution in [0.15, 0.2) is 39.9 Å². The van der Waals surface area contributed by atoms with Gasteiger partial charge in [-0.15, -0.1) is 0 Å². The van der Waals surface area contributed by atoms with E-state index in [9.17, 15) is 10.1 Å². The maximum Gasteiger partial charge on any atom is 0.269 e. The molecule has 2 rings (SSSR count). The number of nitro groups is 1. The van der Waals surface area contributed by atoms with Gasteiger partial charge >= 0.3 is 0 Å². The van der Waals surface area contributed by atoms with Crippen LogP contribution in [-0.2, 0) is 12.0 Å². The molecule has 0 radical (unpaired) electrons. The Balaban J connectivity index is 1.72. The molecule has 0 saturated heterocycles. The van der Waals surface area contributed by atoms with Crippen LogP contribution < -0.4 is 16.0 Å². The Hall–Kier alpha value is -3.10. The van der Waals surface area contributed by atoms with Gasteiger partial charge in [-0.2, -0.15) is 0 Å². The lowest BCUT2D eigenvalue weighted by Crippen LogP contribution is -2.39. The number of rotatable bonds is 7. The van der Waals surface area contributed by atoms with Gasteiger partial charge in [0.1, 0.15) is 5.76 Å². The van der Waals surface area contributed by atoms with Crippen molar-refractivity contribution >= 4 is 17.3 Å². The van der Waals surface area contributed by atoms with E-state index in [1.807, 2.05) is 0 Å². The standard InChI is InChI=1S/C18H26N6O3/c1-18(2,3)15-11-22-16(27-15)12-23-17(19-4)21-10-9-20-13-5-7-14(8-6-13)24(25)26/h5-8,11,20H,9-10,12H2,1-4H3,(H2,19,21,23). The molecule has 0 saturated carbocycles. The van der Waals surface area contributed by atoms with Gasteiger partial charge < -0.3 is 20.4 Å². The molecule has 0 aliphatic carbocycles. The molecule has 0 unspecified atom stereocenters. The molecule has 27 heavy (non-hydrogen) atoms. The second kappa shape index (κ2) is 9.02. The second-order valence-electron chi connectivity index (χ2n) is 6.95. The number of nitrogens with one attached hydrogen (secondary N) is 3. The van der Waals surface area contributed by atoms with E-state index in [2.05, 4.69) is 46.7 Å². The fraction of sp³-hybridized carbons (Fsp3) is 0.444. The third kappa shape index (κ3) is 6.28. The summed E-state index contributed by atoms with van der Waals surface area (Å²) in [5, 5.41) is 20.1. The van der Waals surface area contributed by atoms with Gasteiger partial charge in [0.05, 0.1) is 17.7 Å². The van der Waals surface area contributed by atoms with Crippen molar-refractivity contribution in [3.63, 3.8) is 0 Å². The van der Waals surface area contributed by atoms with Gasteiger partial charge in [-0.05, 0) is 12.1 Å².